The molecule has 1 saturated carbocycles. The smallest absolute Gasteiger partial charge is 0.142 e. The Morgan fingerprint density at radius 1 is 1.19 bits per heavy atom. The van der Waals surface area contributed by atoms with Crippen LogP contribution in [0.2, 0.25) is 0 Å². The number of rotatable bonds is 4. The van der Waals surface area contributed by atoms with Crippen LogP contribution in [0.4, 0.5) is 0 Å². The first-order valence-corrected chi connectivity index (χ1v) is 8.63. The SMILES string of the molecule is CC1CCC(C(=O)Cc2nc(-c3ccccc3)cs2)CC1. The fraction of sp³-hybridized carbons (Fsp3) is 0.444. The number of carbonyl (C=O) groups excluding carboxylic acids is 1. The minimum Gasteiger partial charge on any atom is -0.299 e. The van der Waals surface area contributed by atoms with Gasteiger partial charge in [-0.2, -0.15) is 0 Å². The zero-order valence-electron chi connectivity index (χ0n) is 12.4. The summed E-state index contributed by atoms with van der Waals surface area (Å²) in [6.07, 6.45) is 5.04. The Kier molecular flexibility index (Phi) is 4.49. The number of hydrogen-bond acceptors (Lipinski definition) is 3. The zero-order valence-corrected chi connectivity index (χ0v) is 13.2. The van der Waals surface area contributed by atoms with Crippen molar-refractivity contribution >= 4 is 17.1 Å². The van der Waals surface area contributed by atoms with E-state index in [0.717, 1.165) is 35.0 Å². The Labute approximate surface area is 130 Å². The number of Topliss-reactive ketones (excluding diaryl/α,β-unsaturated/α-hetero) is 1. The molecule has 1 heterocycles. The Bertz CT molecular complexity index is 597. The predicted molar refractivity (Wildman–Crippen MR) is 87.4 cm³/mol. The van der Waals surface area contributed by atoms with E-state index < -0.39 is 0 Å². The summed E-state index contributed by atoms with van der Waals surface area (Å²) < 4.78 is 0. The predicted octanol–water partition coefficient (Wildman–Crippen LogP) is 4.75. The third-order valence-electron chi connectivity index (χ3n) is 4.42. The second-order valence-electron chi connectivity index (χ2n) is 6.09. The van der Waals surface area contributed by atoms with Gasteiger partial charge >= 0.3 is 0 Å². The lowest BCUT2D eigenvalue weighted by Crippen LogP contribution is -2.22. The molecule has 3 heteroatoms. The molecule has 2 aromatic rings. The minimum atomic E-state index is 0.269. The van der Waals surface area contributed by atoms with Crippen LogP contribution in [0.15, 0.2) is 35.7 Å². The van der Waals surface area contributed by atoms with Gasteiger partial charge < -0.3 is 0 Å². The summed E-state index contributed by atoms with van der Waals surface area (Å²) in [5, 5.41) is 3.01. The number of benzene rings is 1. The van der Waals surface area contributed by atoms with Gasteiger partial charge in [-0.15, -0.1) is 11.3 Å². The summed E-state index contributed by atoms with van der Waals surface area (Å²) in [6, 6.07) is 10.2. The highest BCUT2D eigenvalue weighted by molar-refractivity contribution is 7.10. The monoisotopic (exact) mass is 299 g/mol. The highest BCUT2D eigenvalue weighted by atomic mass is 32.1. The second kappa shape index (κ2) is 6.52. The van der Waals surface area contributed by atoms with Crippen LogP contribution in [0.1, 0.15) is 37.6 Å². The molecule has 1 aliphatic carbocycles. The number of carbonyl (C=O) groups is 1. The Morgan fingerprint density at radius 2 is 1.90 bits per heavy atom. The van der Waals surface area contributed by atoms with Crippen molar-refractivity contribution in [2.45, 2.75) is 39.0 Å². The molecule has 110 valence electrons. The molecule has 0 unspecified atom stereocenters. The van der Waals surface area contributed by atoms with Gasteiger partial charge in [-0.05, 0) is 18.8 Å². The van der Waals surface area contributed by atoms with Gasteiger partial charge in [0, 0.05) is 16.9 Å². The Hall–Kier alpha value is -1.48. The average molecular weight is 299 g/mol. The summed E-state index contributed by atoms with van der Waals surface area (Å²) >= 11 is 1.61. The van der Waals surface area contributed by atoms with E-state index in [9.17, 15) is 4.79 Å². The minimum absolute atomic E-state index is 0.269. The largest absolute Gasteiger partial charge is 0.299 e. The molecule has 1 aliphatic rings. The molecule has 0 bridgehead atoms. The zero-order chi connectivity index (χ0) is 14.7. The number of nitrogens with zero attached hydrogens (tertiary/aromatic N) is 1. The molecule has 0 radical (unpaired) electrons. The summed E-state index contributed by atoms with van der Waals surface area (Å²) in [5.74, 6) is 1.44. The van der Waals surface area contributed by atoms with Crippen molar-refractivity contribution < 1.29 is 4.79 Å². The first kappa shape index (κ1) is 14.5. The molecule has 0 atom stereocenters. The number of thiazole rings is 1. The van der Waals surface area contributed by atoms with E-state index in [1.54, 1.807) is 11.3 Å². The molecule has 0 spiro atoms. The third-order valence-corrected chi connectivity index (χ3v) is 5.27. The standard InChI is InChI=1S/C18H21NOS/c1-13-7-9-15(10-8-13)17(20)11-18-19-16(12-21-18)14-5-3-2-4-6-14/h2-6,12-13,15H,7-11H2,1H3. The first-order valence-electron chi connectivity index (χ1n) is 7.75. The molecule has 0 aliphatic heterocycles. The van der Waals surface area contributed by atoms with Crippen molar-refractivity contribution in [3.63, 3.8) is 0 Å². The molecule has 1 fully saturated rings. The van der Waals surface area contributed by atoms with Crippen LogP contribution < -0.4 is 0 Å². The highest BCUT2D eigenvalue weighted by Gasteiger charge is 2.24. The highest BCUT2D eigenvalue weighted by Crippen LogP contribution is 2.30. The van der Waals surface area contributed by atoms with Crippen LogP contribution in [0.3, 0.4) is 0 Å². The van der Waals surface area contributed by atoms with Gasteiger partial charge in [0.1, 0.15) is 10.8 Å². The molecule has 3 rings (SSSR count). The topological polar surface area (TPSA) is 30.0 Å². The van der Waals surface area contributed by atoms with Gasteiger partial charge in [-0.1, -0.05) is 50.1 Å². The van der Waals surface area contributed by atoms with Gasteiger partial charge in [-0.3, -0.25) is 4.79 Å². The average Bonchev–Trinajstić information content (AvgIpc) is 2.97. The number of aromatic nitrogens is 1. The second-order valence-corrected chi connectivity index (χ2v) is 7.04. The van der Waals surface area contributed by atoms with E-state index in [1.165, 1.54) is 12.8 Å². The lowest BCUT2D eigenvalue weighted by Gasteiger charge is -2.24. The van der Waals surface area contributed by atoms with E-state index in [1.807, 2.05) is 18.2 Å². The maximum atomic E-state index is 12.4. The van der Waals surface area contributed by atoms with Crippen molar-refractivity contribution in [1.82, 2.24) is 4.98 Å². The van der Waals surface area contributed by atoms with E-state index in [2.05, 4.69) is 29.4 Å². The summed E-state index contributed by atoms with van der Waals surface area (Å²) in [6.45, 7) is 2.29. The molecule has 0 N–H and O–H groups in total. The molecular formula is C18H21NOS. The normalized spacial score (nSPS) is 22.1. The Balaban J connectivity index is 1.63. The molecule has 1 aromatic carbocycles. The van der Waals surface area contributed by atoms with Gasteiger partial charge in [0.15, 0.2) is 0 Å². The van der Waals surface area contributed by atoms with Crippen LogP contribution in [0.25, 0.3) is 11.3 Å². The summed E-state index contributed by atoms with van der Waals surface area (Å²) in [7, 11) is 0. The first-order chi connectivity index (χ1) is 10.2. The fourth-order valence-electron chi connectivity index (χ4n) is 3.01. The van der Waals surface area contributed by atoms with E-state index in [4.69, 9.17) is 0 Å². The maximum Gasteiger partial charge on any atom is 0.142 e. The van der Waals surface area contributed by atoms with Crippen LogP contribution >= 0.6 is 11.3 Å². The molecule has 0 amide bonds. The van der Waals surface area contributed by atoms with Gasteiger partial charge in [0.2, 0.25) is 0 Å². The van der Waals surface area contributed by atoms with Crippen LogP contribution in [0.5, 0.6) is 0 Å². The quantitative estimate of drug-likeness (QED) is 0.815. The third kappa shape index (κ3) is 3.59. The lowest BCUT2D eigenvalue weighted by atomic mass is 9.80. The van der Waals surface area contributed by atoms with E-state index >= 15 is 0 Å². The van der Waals surface area contributed by atoms with Crippen LogP contribution in [-0.4, -0.2) is 10.8 Å². The van der Waals surface area contributed by atoms with Crippen molar-refractivity contribution in [3.8, 4) is 11.3 Å². The van der Waals surface area contributed by atoms with Crippen LogP contribution in [0, 0.1) is 11.8 Å². The number of ketones is 1. The van der Waals surface area contributed by atoms with E-state index in [0.29, 0.717) is 12.2 Å². The number of hydrogen-bond donors (Lipinski definition) is 0. The summed E-state index contributed by atoms with van der Waals surface area (Å²) in [5.41, 5.74) is 2.11. The molecule has 0 saturated heterocycles. The summed E-state index contributed by atoms with van der Waals surface area (Å²) in [4.78, 5) is 17.0. The molecule has 1 aromatic heterocycles. The molecule has 21 heavy (non-hydrogen) atoms. The maximum absolute atomic E-state index is 12.4. The van der Waals surface area contributed by atoms with Gasteiger partial charge in [0.25, 0.3) is 0 Å². The molecule has 2 nitrogen and oxygen atoms in total. The van der Waals surface area contributed by atoms with Gasteiger partial charge in [0.05, 0.1) is 12.1 Å². The fourth-order valence-corrected chi connectivity index (χ4v) is 3.82. The van der Waals surface area contributed by atoms with Crippen molar-refractivity contribution in [2.75, 3.05) is 0 Å². The van der Waals surface area contributed by atoms with Crippen molar-refractivity contribution in [1.29, 1.82) is 0 Å². The van der Waals surface area contributed by atoms with Crippen LogP contribution in [-0.2, 0) is 11.2 Å². The molecular weight excluding hydrogens is 278 g/mol. The van der Waals surface area contributed by atoms with E-state index in [-0.39, 0.29) is 5.92 Å². The van der Waals surface area contributed by atoms with Crippen molar-refractivity contribution in [3.05, 3.63) is 40.7 Å². The Morgan fingerprint density at radius 3 is 2.62 bits per heavy atom. The lowest BCUT2D eigenvalue weighted by molar-refractivity contribution is -0.123. The van der Waals surface area contributed by atoms with Crippen molar-refractivity contribution in [2.24, 2.45) is 11.8 Å². The van der Waals surface area contributed by atoms with Gasteiger partial charge in [-0.25, -0.2) is 4.98 Å².